The van der Waals surface area contributed by atoms with Crippen LogP contribution in [0.25, 0.3) is 5.70 Å². The smallest absolute Gasteiger partial charge is 0.149 e. The summed E-state index contributed by atoms with van der Waals surface area (Å²) < 4.78 is 40.4. The SMILES string of the molecule is C=C(c1cc(N)ccc1F)N(C)c1ccc(F)cc1F. The van der Waals surface area contributed by atoms with Crippen LogP contribution < -0.4 is 10.6 Å². The van der Waals surface area contributed by atoms with Crippen LogP contribution in [0.5, 0.6) is 0 Å². The molecule has 0 spiro atoms. The molecule has 0 unspecified atom stereocenters. The first kappa shape index (κ1) is 14.0. The molecule has 2 rings (SSSR count). The zero-order valence-corrected chi connectivity index (χ0v) is 10.8. The van der Waals surface area contributed by atoms with Gasteiger partial charge in [-0.1, -0.05) is 6.58 Å². The number of benzene rings is 2. The monoisotopic (exact) mass is 278 g/mol. The van der Waals surface area contributed by atoms with E-state index in [0.29, 0.717) is 5.69 Å². The number of hydrogen-bond acceptors (Lipinski definition) is 2. The highest BCUT2D eigenvalue weighted by Crippen LogP contribution is 2.28. The second-order valence-electron chi connectivity index (χ2n) is 4.34. The summed E-state index contributed by atoms with van der Waals surface area (Å²) in [5, 5.41) is 0. The summed E-state index contributed by atoms with van der Waals surface area (Å²) in [5.41, 5.74) is 6.46. The van der Waals surface area contributed by atoms with Crippen LogP contribution in [0, 0.1) is 17.5 Å². The average Bonchev–Trinajstić information content (AvgIpc) is 2.40. The highest BCUT2D eigenvalue weighted by Gasteiger charge is 2.15. The minimum atomic E-state index is -0.752. The fraction of sp³-hybridized carbons (Fsp3) is 0.0667. The second-order valence-corrected chi connectivity index (χ2v) is 4.34. The van der Waals surface area contributed by atoms with E-state index in [1.807, 2.05) is 0 Å². The fourth-order valence-electron chi connectivity index (χ4n) is 1.84. The van der Waals surface area contributed by atoms with Gasteiger partial charge >= 0.3 is 0 Å². The molecule has 2 aromatic rings. The normalized spacial score (nSPS) is 10.4. The Balaban J connectivity index is 2.40. The maximum absolute atomic E-state index is 13.8. The summed E-state index contributed by atoms with van der Waals surface area (Å²) in [5.74, 6) is -1.95. The van der Waals surface area contributed by atoms with Gasteiger partial charge in [0.15, 0.2) is 0 Å². The summed E-state index contributed by atoms with van der Waals surface area (Å²) in [6.45, 7) is 3.74. The van der Waals surface area contributed by atoms with Gasteiger partial charge in [-0.3, -0.25) is 0 Å². The lowest BCUT2D eigenvalue weighted by atomic mass is 10.1. The molecular weight excluding hydrogens is 265 g/mol. The van der Waals surface area contributed by atoms with Gasteiger partial charge in [-0.15, -0.1) is 0 Å². The predicted octanol–water partition coefficient (Wildman–Crippen LogP) is 3.79. The van der Waals surface area contributed by atoms with Gasteiger partial charge < -0.3 is 10.6 Å². The molecule has 2 nitrogen and oxygen atoms in total. The van der Waals surface area contributed by atoms with Crippen molar-refractivity contribution in [3.05, 3.63) is 66.0 Å². The van der Waals surface area contributed by atoms with Crippen molar-refractivity contribution in [3.8, 4) is 0 Å². The van der Waals surface area contributed by atoms with Crippen LogP contribution in [0.4, 0.5) is 24.5 Å². The van der Waals surface area contributed by atoms with E-state index in [1.54, 1.807) is 0 Å². The molecule has 0 heterocycles. The van der Waals surface area contributed by atoms with E-state index in [-0.39, 0.29) is 16.9 Å². The maximum atomic E-state index is 13.8. The van der Waals surface area contributed by atoms with Gasteiger partial charge in [-0.2, -0.15) is 0 Å². The third kappa shape index (κ3) is 2.61. The van der Waals surface area contributed by atoms with E-state index >= 15 is 0 Å². The lowest BCUT2D eigenvalue weighted by Gasteiger charge is -2.23. The molecule has 0 saturated heterocycles. The van der Waals surface area contributed by atoms with E-state index < -0.39 is 17.5 Å². The molecule has 0 aromatic heterocycles. The molecule has 0 aliphatic rings. The Kier molecular flexibility index (Phi) is 3.70. The van der Waals surface area contributed by atoms with E-state index in [9.17, 15) is 13.2 Å². The van der Waals surface area contributed by atoms with Crippen molar-refractivity contribution in [1.29, 1.82) is 0 Å². The zero-order valence-electron chi connectivity index (χ0n) is 10.8. The van der Waals surface area contributed by atoms with E-state index in [4.69, 9.17) is 5.73 Å². The Bertz CT molecular complexity index is 668. The van der Waals surface area contributed by atoms with Gasteiger partial charge in [0.1, 0.15) is 17.5 Å². The minimum absolute atomic E-state index is 0.0956. The summed E-state index contributed by atoms with van der Waals surface area (Å²) >= 11 is 0. The van der Waals surface area contributed by atoms with Gasteiger partial charge in [0.2, 0.25) is 0 Å². The summed E-state index contributed by atoms with van der Waals surface area (Å²) in [6, 6.07) is 7.19. The summed E-state index contributed by atoms with van der Waals surface area (Å²) in [4.78, 5) is 1.34. The van der Waals surface area contributed by atoms with Gasteiger partial charge in [-0.25, -0.2) is 13.2 Å². The van der Waals surface area contributed by atoms with Gasteiger partial charge in [0.05, 0.1) is 5.69 Å². The Morgan fingerprint density at radius 1 is 1.05 bits per heavy atom. The van der Waals surface area contributed by atoms with Crippen molar-refractivity contribution >= 4 is 17.1 Å². The third-order valence-corrected chi connectivity index (χ3v) is 2.98. The molecule has 0 fully saturated rings. The highest BCUT2D eigenvalue weighted by atomic mass is 19.1. The molecule has 2 aromatic carbocycles. The van der Waals surface area contributed by atoms with Crippen molar-refractivity contribution in [3.63, 3.8) is 0 Å². The number of halogens is 3. The maximum Gasteiger partial charge on any atom is 0.149 e. The lowest BCUT2D eigenvalue weighted by Crippen LogP contribution is -2.17. The molecule has 0 saturated carbocycles. The van der Waals surface area contributed by atoms with Crippen LogP contribution in [0.15, 0.2) is 43.0 Å². The molecule has 104 valence electrons. The zero-order chi connectivity index (χ0) is 14.9. The molecule has 5 heteroatoms. The molecule has 0 aliphatic heterocycles. The average molecular weight is 278 g/mol. The van der Waals surface area contributed by atoms with Crippen molar-refractivity contribution in [1.82, 2.24) is 0 Å². The number of nitrogens with two attached hydrogens (primary N) is 1. The number of nitrogens with zero attached hydrogens (tertiary/aromatic N) is 1. The molecule has 0 amide bonds. The van der Waals surface area contributed by atoms with Crippen molar-refractivity contribution < 1.29 is 13.2 Å². The predicted molar refractivity (Wildman–Crippen MR) is 74.6 cm³/mol. The Morgan fingerprint density at radius 2 is 1.75 bits per heavy atom. The van der Waals surface area contributed by atoms with E-state index in [1.165, 1.54) is 36.2 Å². The van der Waals surface area contributed by atoms with Crippen molar-refractivity contribution in [2.24, 2.45) is 0 Å². The van der Waals surface area contributed by atoms with Gasteiger partial charge in [-0.05, 0) is 30.3 Å². The third-order valence-electron chi connectivity index (χ3n) is 2.98. The molecule has 0 atom stereocenters. The second kappa shape index (κ2) is 5.28. The fourth-order valence-corrected chi connectivity index (χ4v) is 1.84. The van der Waals surface area contributed by atoms with Gasteiger partial charge in [0.25, 0.3) is 0 Å². The van der Waals surface area contributed by atoms with Crippen molar-refractivity contribution in [2.75, 3.05) is 17.7 Å². The molecule has 0 aliphatic carbocycles. The highest BCUT2D eigenvalue weighted by molar-refractivity contribution is 5.79. The number of hydrogen-bond donors (Lipinski definition) is 1. The van der Waals surface area contributed by atoms with Crippen LogP contribution >= 0.6 is 0 Å². The first-order valence-corrected chi connectivity index (χ1v) is 5.83. The lowest BCUT2D eigenvalue weighted by molar-refractivity contribution is 0.583. The Morgan fingerprint density at radius 3 is 2.40 bits per heavy atom. The summed E-state index contributed by atoms with van der Waals surface area (Å²) in [7, 11) is 1.52. The molecule has 0 radical (unpaired) electrons. The molecule has 20 heavy (non-hydrogen) atoms. The number of anilines is 2. The first-order valence-electron chi connectivity index (χ1n) is 5.83. The van der Waals surface area contributed by atoms with Crippen molar-refractivity contribution in [2.45, 2.75) is 0 Å². The first-order chi connectivity index (χ1) is 9.40. The number of nitrogen functional groups attached to an aromatic ring is 1. The largest absolute Gasteiger partial charge is 0.399 e. The van der Waals surface area contributed by atoms with Crippen LogP contribution in [-0.4, -0.2) is 7.05 Å². The standard InChI is InChI=1S/C15H13F3N2/c1-9(12-8-11(19)4-5-13(12)17)20(2)15-6-3-10(16)7-14(15)18/h3-8H,1,19H2,2H3. The minimum Gasteiger partial charge on any atom is -0.399 e. The van der Waals surface area contributed by atoms with Crippen LogP contribution in [0.2, 0.25) is 0 Å². The van der Waals surface area contributed by atoms with Crippen LogP contribution in [-0.2, 0) is 0 Å². The Labute approximate surface area is 114 Å². The molecule has 2 N–H and O–H groups in total. The Hall–Kier alpha value is -2.43. The molecule has 0 bridgehead atoms. The topological polar surface area (TPSA) is 29.3 Å². The summed E-state index contributed by atoms with van der Waals surface area (Å²) in [6.07, 6.45) is 0. The van der Waals surface area contributed by atoms with Crippen LogP contribution in [0.3, 0.4) is 0 Å². The number of rotatable bonds is 3. The quantitative estimate of drug-likeness (QED) is 0.865. The van der Waals surface area contributed by atoms with Gasteiger partial charge in [0, 0.05) is 30.1 Å². The van der Waals surface area contributed by atoms with Crippen LogP contribution in [0.1, 0.15) is 5.56 Å². The van der Waals surface area contributed by atoms with E-state index in [0.717, 1.165) is 12.1 Å². The molecular formula is C15H13F3N2. The van der Waals surface area contributed by atoms with E-state index in [2.05, 4.69) is 6.58 Å².